The second-order valence-electron chi connectivity index (χ2n) is 6.72. The summed E-state index contributed by atoms with van der Waals surface area (Å²) in [5, 5.41) is 11.8. The molecule has 0 bridgehead atoms. The molecule has 26 heavy (non-hydrogen) atoms. The Labute approximate surface area is 153 Å². The molecule has 3 heterocycles. The SMILES string of the molecule is Cc1ccnn1CCNc1cc(-c2cc(C(C)C)on2)nc(N(C)C)n1. The van der Waals surface area contributed by atoms with Crippen molar-refractivity contribution in [2.75, 3.05) is 30.9 Å². The molecule has 1 N–H and O–H groups in total. The standard InChI is InChI=1S/C18H25N7O/c1-12(2)16-10-15(23-26-16)14-11-17(22-18(21-14)24(4)5)19-8-9-25-13(3)6-7-20-25/h6-7,10-12H,8-9H2,1-5H3,(H,19,21,22). The van der Waals surface area contributed by atoms with Crippen LogP contribution >= 0.6 is 0 Å². The van der Waals surface area contributed by atoms with Crippen molar-refractivity contribution in [1.82, 2.24) is 24.9 Å². The van der Waals surface area contributed by atoms with E-state index >= 15 is 0 Å². The Morgan fingerprint density at radius 3 is 2.62 bits per heavy atom. The summed E-state index contributed by atoms with van der Waals surface area (Å²) < 4.78 is 7.36. The lowest BCUT2D eigenvalue weighted by Gasteiger charge is -2.14. The van der Waals surface area contributed by atoms with E-state index in [-0.39, 0.29) is 5.92 Å². The van der Waals surface area contributed by atoms with E-state index in [1.807, 2.05) is 48.8 Å². The van der Waals surface area contributed by atoms with Crippen LogP contribution in [0.1, 0.15) is 31.2 Å². The normalized spacial score (nSPS) is 11.2. The first-order valence-electron chi connectivity index (χ1n) is 8.69. The van der Waals surface area contributed by atoms with E-state index < -0.39 is 0 Å². The van der Waals surface area contributed by atoms with Gasteiger partial charge in [-0.2, -0.15) is 10.1 Å². The molecular formula is C18H25N7O. The predicted octanol–water partition coefficient (Wildman–Crippen LogP) is 2.94. The molecule has 0 aliphatic heterocycles. The maximum Gasteiger partial charge on any atom is 0.227 e. The first-order valence-corrected chi connectivity index (χ1v) is 8.69. The van der Waals surface area contributed by atoms with Crippen LogP contribution in [0.2, 0.25) is 0 Å². The highest BCUT2D eigenvalue weighted by Crippen LogP contribution is 2.25. The minimum Gasteiger partial charge on any atom is -0.368 e. The third-order valence-electron chi connectivity index (χ3n) is 4.03. The zero-order valence-corrected chi connectivity index (χ0v) is 15.9. The van der Waals surface area contributed by atoms with Crippen LogP contribution in [0.25, 0.3) is 11.4 Å². The van der Waals surface area contributed by atoms with E-state index in [4.69, 9.17) is 4.52 Å². The van der Waals surface area contributed by atoms with Crippen LogP contribution in [-0.4, -0.2) is 45.5 Å². The molecular weight excluding hydrogens is 330 g/mol. The minimum absolute atomic E-state index is 0.279. The van der Waals surface area contributed by atoms with Gasteiger partial charge in [0.25, 0.3) is 0 Å². The van der Waals surface area contributed by atoms with Gasteiger partial charge in [-0.1, -0.05) is 19.0 Å². The maximum atomic E-state index is 5.41. The predicted molar refractivity (Wildman–Crippen MR) is 101 cm³/mol. The van der Waals surface area contributed by atoms with Crippen LogP contribution in [0.15, 0.2) is 28.9 Å². The Kier molecular flexibility index (Phi) is 5.20. The number of anilines is 2. The molecule has 0 spiro atoms. The summed E-state index contributed by atoms with van der Waals surface area (Å²) in [7, 11) is 3.83. The van der Waals surface area contributed by atoms with Gasteiger partial charge in [-0.05, 0) is 13.0 Å². The molecule has 0 saturated heterocycles. The lowest BCUT2D eigenvalue weighted by atomic mass is 10.1. The average molecular weight is 355 g/mol. The van der Waals surface area contributed by atoms with Crippen LogP contribution < -0.4 is 10.2 Å². The highest BCUT2D eigenvalue weighted by atomic mass is 16.5. The van der Waals surface area contributed by atoms with Crippen LogP contribution in [-0.2, 0) is 6.54 Å². The van der Waals surface area contributed by atoms with Gasteiger partial charge in [0.2, 0.25) is 5.95 Å². The number of aromatic nitrogens is 5. The summed E-state index contributed by atoms with van der Waals surface area (Å²) in [6.45, 7) is 7.65. The molecule has 3 aromatic rings. The van der Waals surface area contributed by atoms with Gasteiger partial charge in [-0.15, -0.1) is 0 Å². The van der Waals surface area contributed by atoms with Crippen molar-refractivity contribution in [2.24, 2.45) is 0 Å². The van der Waals surface area contributed by atoms with Crippen LogP contribution in [0.5, 0.6) is 0 Å². The summed E-state index contributed by atoms with van der Waals surface area (Å²) in [6, 6.07) is 5.82. The molecule has 0 aromatic carbocycles. The number of aryl methyl sites for hydroxylation is 1. The first kappa shape index (κ1) is 17.9. The number of hydrogen-bond donors (Lipinski definition) is 1. The Balaban J connectivity index is 1.80. The molecule has 0 aliphatic carbocycles. The third kappa shape index (κ3) is 4.01. The van der Waals surface area contributed by atoms with Gasteiger partial charge in [0.05, 0.1) is 12.2 Å². The van der Waals surface area contributed by atoms with E-state index in [9.17, 15) is 0 Å². The van der Waals surface area contributed by atoms with E-state index in [1.165, 1.54) is 0 Å². The second-order valence-corrected chi connectivity index (χ2v) is 6.72. The zero-order valence-electron chi connectivity index (χ0n) is 15.9. The van der Waals surface area contributed by atoms with Gasteiger partial charge in [0.1, 0.15) is 17.3 Å². The van der Waals surface area contributed by atoms with Gasteiger partial charge in [-0.25, -0.2) is 4.98 Å². The average Bonchev–Trinajstić information content (AvgIpc) is 3.24. The van der Waals surface area contributed by atoms with Gasteiger partial charge < -0.3 is 14.7 Å². The van der Waals surface area contributed by atoms with Crippen molar-refractivity contribution >= 4 is 11.8 Å². The molecule has 0 radical (unpaired) electrons. The fourth-order valence-electron chi connectivity index (χ4n) is 2.46. The second kappa shape index (κ2) is 7.55. The molecule has 0 saturated carbocycles. The largest absolute Gasteiger partial charge is 0.368 e. The maximum absolute atomic E-state index is 5.41. The Morgan fingerprint density at radius 2 is 2.00 bits per heavy atom. The highest BCUT2D eigenvalue weighted by Gasteiger charge is 2.14. The van der Waals surface area contributed by atoms with Gasteiger partial charge >= 0.3 is 0 Å². The summed E-state index contributed by atoms with van der Waals surface area (Å²) in [6.07, 6.45) is 1.80. The van der Waals surface area contributed by atoms with E-state index in [2.05, 4.69) is 39.4 Å². The topological polar surface area (TPSA) is 84.9 Å². The molecule has 0 atom stereocenters. The molecule has 138 valence electrons. The fraction of sp³-hybridized carbons (Fsp3) is 0.444. The summed E-state index contributed by atoms with van der Waals surface area (Å²) in [4.78, 5) is 11.0. The molecule has 8 nitrogen and oxygen atoms in total. The summed E-state index contributed by atoms with van der Waals surface area (Å²) in [5.74, 6) is 2.49. The summed E-state index contributed by atoms with van der Waals surface area (Å²) in [5.41, 5.74) is 2.58. The van der Waals surface area contributed by atoms with Crippen molar-refractivity contribution in [3.05, 3.63) is 35.9 Å². The molecule has 3 rings (SSSR count). The van der Waals surface area contributed by atoms with E-state index in [0.717, 1.165) is 29.5 Å². The van der Waals surface area contributed by atoms with Crippen molar-refractivity contribution in [3.63, 3.8) is 0 Å². The highest BCUT2D eigenvalue weighted by molar-refractivity contribution is 5.61. The van der Waals surface area contributed by atoms with E-state index in [1.54, 1.807) is 6.20 Å². The number of hydrogen-bond acceptors (Lipinski definition) is 7. The number of nitrogens with one attached hydrogen (secondary N) is 1. The molecule has 8 heteroatoms. The molecule has 0 aliphatic rings. The molecule has 0 fully saturated rings. The molecule has 0 unspecified atom stereocenters. The Bertz CT molecular complexity index is 866. The minimum atomic E-state index is 0.279. The van der Waals surface area contributed by atoms with Gasteiger partial charge in [0, 0.05) is 50.6 Å². The zero-order chi connectivity index (χ0) is 18.7. The fourth-order valence-corrected chi connectivity index (χ4v) is 2.46. The quantitative estimate of drug-likeness (QED) is 0.697. The third-order valence-corrected chi connectivity index (χ3v) is 4.03. The van der Waals surface area contributed by atoms with Crippen molar-refractivity contribution in [3.8, 4) is 11.4 Å². The van der Waals surface area contributed by atoms with Crippen LogP contribution in [0.3, 0.4) is 0 Å². The monoisotopic (exact) mass is 355 g/mol. The lowest BCUT2D eigenvalue weighted by Crippen LogP contribution is -2.17. The molecule has 3 aromatic heterocycles. The number of nitrogens with zero attached hydrogens (tertiary/aromatic N) is 6. The summed E-state index contributed by atoms with van der Waals surface area (Å²) >= 11 is 0. The lowest BCUT2D eigenvalue weighted by molar-refractivity contribution is 0.373. The first-order chi connectivity index (χ1) is 12.4. The van der Waals surface area contributed by atoms with Crippen molar-refractivity contribution < 1.29 is 4.52 Å². The van der Waals surface area contributed by atoms with Gasteiger partial charge in [0.15, 0.2) is 0 Å². The molecule has 0 amide bonds. The smallest absolute Gasteiger partial charge is 0.227 e. The number of rotatable bonds is 7. The van der Waals surface area contributed by atoms with Crippen molar-refractivity contribution in [2.45, 2.75) is 33.2 Å². The van der Waals surface area contributed by atoms with Crippen LogP contribution in [0, 0.1) is 6.92 Å². The van der Waals surface area contributed by atoms with Crippen LogP contribution in [0.4, 0.5) is 11.8 Å². The van der Waals surface area contributed by atoms with Gasteiger partial charge in [-0.3, -0.25) is 4.68 Å². The Morgan fingerprint density at radius 1 is 1.19 bits per heavy atom. The van der Waals surface area contributed by atoms with Crippen molar-refractivity contribution in [1.29, 1.82) is 0 Å². The van der Waals surface area contributed by atoms with E-state index in [0.29, 0.717) is 18.2 Å². The Hall–Kier alpha value is -2.90.